The van der Waals surface area contributed by atoms with Gasteiger partial charge in [0.15, 0.2) is 0 Å². The molecule has 6 heteroatoms. The molecule has 0 atom stereocenters. The van der Waals surface area contributed by atoms with Crippen LogP contribution in [0.5, 0.6) is 0 Å². The van der Waals surface area contributed by atoms with Crippen molar-refractivity contribution in [3.8, 4) is 11.1 Å². The molecule has 0 unspecified atom stereocenters. The number of benzene rings is 2. The van der Waals surface area contributed by atoms with Gasteiger partial charge in [-0.25, -0.2) is 4.98 Å². The zero-order valence-electron chi connectivity index (χ0n) is 16.4. The summed E-state index contributed by atoms with van der Waals surface area (Å²) in [5.41, 5.74) is 3.40. The first-order chi connectivity index (χ1) is 14.7. The molecule has 0 radical (unpaired) electrons. The Morgan fingerprint density at radius 2 is 1.60 bits per heavy atom. The molecule has 0 aliphatic carbocycles. The largest absolute Gasteiger partial charge is 0.359 e. The second-order valence-corrected chi connectivity index (χ2v) is 7.89. The van der Waals surface area contributed by atoms with E-state index >= 15 is 0 Å². The van der Waals surface area contributed by atoms with Gasteiger partial charge in [-0.1, -0.05) is 48.0 Å². The van der Waals surface area contributed by atoms with Crippen molar-refractivity contribution in [1.82, 2.24) is 4.98 Å². The van der Waals surface area contributed by atoms with Crippen molar-refractivity contribution < 1.29 is 4.98 Å². The Balaban J connectivity index is 1.59. The van der Waals surface area contributed by atoms with Gasteiger partial charge in [-0.05, 0) is 29.8 Å². The molecule has 0 bridgehead atoms. The summed E-state index contributed by atoms with van der Waals surface area (Å²) in [6.45, 7) is 3.19. The molecule has 1 fully saturated rings. The predicted molar refractivity (Wildman–Crippen MR) is 122 cm³/mol. The Bertz CT molecular complexity index is 1230. The molecule has 30 heavy (non-hydrogen) atoms. The van der Waals surface area contributed by atoms with Gasteiger partial charge < -0.3 is 9.88 Å². The van der Waals surface area contributed by atoms with Crippen molar-refractivity contribution >= 4 is 34.0 Å². The number of rotatable bonds is 3. The van der Waals surface area contributed by atoms with Gasteiger partial charge in [-0.2, -0.15) is 0 Å². The Morgan fingerprint density at radius 1 is 0.867 bits per heavy atom. The molecule has 2 N–H and O–H groups in total. The van der Waals surface area contributed by atoms with Crippen LogP contribution in [0, 0.1) is 0 Å². The van der Waals surface area contributed by atoms with E-state index in [9.17, 15) is 4.79 Å². The number of halogens is 1. The van der Waals surface area contributed by atoms with Gasteiger partial charge in [0.2, 0.25) is 0 Å². The van der Waals surface area contributed by atoms with E-state index in [0.717, 1.165) is 54.0 Å². The predicted octanol–water partition coefficient (Wildman–Crippen LogP) is 3.99. The molecule has 150 valence electrons. The number of hydrogen-bond donors (Lipinski definition) is 1. The highest BCUT2D eigenvalue weighted by Gasteiger charge is 2.27. The minimum Gasteiger partial charge on any atom is -0.359 e. The van der Waals surface area contributed by atoms with E-state index < -0.39 is 0 Å². The van der Waals surface area contributed by atoms with Crippen molar-refractivity contribution in [3.63, 3.8) is 0 Å². The molecular formula is C24H22ClN4O+. The van der Waals surface area contributed by atoms with Gasteiger partial charge in [0.25, 0.3) is 11.4 Å². The van der Waals surface area contributed by atoms with Crippen LogP contribution in [-0.2, 0) is 0 Å². The molecule has 0 amide bonds. The molecule has 2 aromatic heterocycles. The third-order valence-corrected chi connectivity index (χ3v) is 5.88. The molecular weight excluding hydrogens is 396 g/mol. The van der Waals surface area contributed by atoms with Gasteiger partial charge in [0, 0.05) is 27.6 Å². The van der Waals surface area contributed by atoms with Gasteiger partial charge in [0.1, 0.15) is 18.8 Å². The maximum Gasteiger partial charge on any atom is 0.274 e. The summed E-state index contributed by atoms with van der Waals surface area (Å²) >= 11 is 6.33. The highest BCUT2D eigenvalue weighted by atomic mass is 35.5. The summed E-state index contributed by atoms with van der Waals surface area (Å²) < 4.78 is 0. The van der Waals surface area contributed by atoms with Crippen LogP contribution in [0.3, 0.4) is 0 Å². The zero-order chi connectivity index (χ0) is 20.5. The summed E-state index contributed by atoms with van der Waals surface area (Å²) in [5, 5.41) is 1.62. The second-order valence-electron chi connectivity index (χ2n) is 7.46. The van der Waals surface area contributed by atoms with Crippen molar-refractivity contribution in [3.05, 3.63) is 88.3 Å². The third-order valence-electron chi connectivity index (χ3n) is 5.64. The summed E-state index contributed by atoms with van der Waals surface area (Å²) in [4.78, 5) is 24.1. The molecule has 5 rings (SSSR count). The quantitative estimate of drug-likeness (QED) is 0.548. The number of nitrogens with zero attached hydrogens (tertiary/aromatic N) is 2. The van der Waals surface area contributed by atoms with Gasteiger partial charge >= 0.3 is 0 Å². The van der Waals surface area contributed by atoms with Crippen LogP contribution in [-0.4, -0.2) is 31.2 Å². The van der Waals surface area contributed by atoms with Crippen molar-refractivity contribution in [2.24, 2.45) is 0 Å². The van der Waals surface area contributed by atoms with Crippen molar-refractivity contribution in [2.45, 2.75) is 0 Å². The Morgan fingerprint density at radius 3 is 2.33 bits per heavy atom. The highest BCUT2D eigenvalue weighted by Crippen LogP contribution is 2.36. The monoisotopic (exact) mass is 417 g/mol. The molecule has 0 saturated carbocycles. The highest BCUT2D eigenvalue weighted by molar-refractivity contribution is 6.31. The number of H-pyrrole nitrogens is 2. The number of hydrogen-bond acceptors (Lipinski definition) is 3. The van der Waals surface area contributed by atoms with Crippen LogP contribution in [0.1, 0.15) is 0 Å². The summed E-state index contributed by atoms with van der Waals surface area (Å²) in [6, 6.07) is 21.8. The van der Waals surface area contributed by atoms with E-state index in [1.165, 1.54) is 0 Å². The molecule has 1 aliphatic heterocycles. The Kier molecular flexibility index (Phi) is 4.89. The first-order valence-corrected chi connectivity index (χ1v) is 10.5. The first-order valence-electron chi connectivity index (χ1n) is 10.1. The molecule has 3 heterocycles. The van der Waals surface area contributed by atoms with E-state index in [1.54, 1.807) is 0 Å². The van der Waals surface area contributed by atoms with Crippen LogP contribution in [0.4, 0.5) is 11.5 Å². The Labute approximate surface area is 179 Å². The fourth-order valence-electron chi connectivity index (χ4n) is 4.21. The first kappa shape index (κ1) is 18.7. The minimum absolute atomic E-state index is 0.0663. The number of fused-ring (bicyclic) bond motifs is 1. The number of aromatic nitrogens is 2. The molecule has 4 aromatic rings. The SMILES string of the molecule is O=c1[nH]c2ccc(Cl)cc2c(-c2ccccc2)c1N1CCN(c2cccc[nH+]2)CC1. The van der Waals surface area contributed by atoms with Gasteiger partial charge in [0.05, 0.1) is 19.3 Å². The average molecular weight is 418 g/mol. The van der Waals surface area contributed by atoms with Gasteiger partial charge in [-0.15, -0.1) is 0 Å². The molecule has 5 nitrogen and oxygen atoms in total. The van der Waals surface area contributed by atoms with E-state index in [4.69, 9.17) is 11.6 Å². The number of anilines is 2. The summed E-state index contributed by atoms with van der Waals surface area (Å²) in [6.07, 6.45) is 1.94. The smallest absolute Gasteiger partial charge is 0.274 e. The molecule has 1 aliphatic rings. The van der Waals surface area contributed by atoms with E-state index in [-0.39, 0.29) is 5.56 Å². The Hall–Kier alpha value is -3.31. The molecule has 2 aromatic carbocycles. The maximum absolute atomic E-state index is 13.2. The van der Waals surface area contributed by atoms with Crippen molar-refractivity contribution in [2.75, 3.05) is 36.0 Å². The number of pyridine rings is 2. The topological polar surface area (TPSA) is 53.5 Å². The van der Waals surface area contributed by atoms with Crippen molar-refractivity contribution in [1.29, 1.82) is 0 Å². The van der Waals surface area contributed by atoms with Crippen LogP contribution in [0.15, 0.2) is 77.7 Å². The van der Waals surface area contributed by atoms with E-state index in [1.807, 2.05) is 66.9 Å². The fourth-order valence-corrected chi connectivity index (χ4v) is 4.38. The average Bonchev–Trinajstić information content (AvgIpc) is 2.80. The lowest BCUT2D eigenvalue weighted by Crippen LogP contribution is -2.49. The molecule has 1 saturated heterocycles. The minimum atomic E-state index is -0.0663. The normalized spacial score (nSPS) is 14.3. The lowest BCUT2D eigenvalue weighted by atomic mass is 9.98. The summed E-state index contributed by atoms with van der Waals surface area (Å²) in [7, 11) is 0. The second kappa shape index (κ2) is 7.84. The van der Waals surface area contributed by atoms with Gasteiger partial charge in [-0.3, -0.25) is 9.69 Å². The molecule has 0 spiro atoms. The zero-order valence-corrected chi connectivity index (χ0v) is 17.2. The standard InChI is InChI=1S/C24H21ClN4O/c25-18-9-10-20-19(16-18)22(17-6-2-1-3-7-17)23(24(30)27-20)29-14-12-28(13-15-29)21-8-4-5-11-26-21/h1-11,16H,12-15H2,(H,27,30)/p+1. The summed E-state index contributed by atoms with van der Waals surface area (Å²) in [5.74, 6) is 1.10. The van der Waals surface area contributed by atoms with Crippen LogP contribution in [0.25, 0.3) is 22.0 Å². The third kappa shape index (κ3) is 3.42. The van der Waals surface area contributed by atoms with Crippen LogP contribution in [0.2, 0.25) is 5.02 Å². The number of nitrogens with one attached hydrogen (secondary N) is 2. The van der Waals surface area contributed by atoms with E-state index in [2.05, 4.69) is 25.8 Å². The van der Waals surface area contributed by atoms with Crippen LogP contribution >= 0.6 is 11.6 Å². The fraction of sp³-hybridized carbons (Fsp3) is 0.167. The van der Waals surface area contributed by atoms with Crippen LogP contribution < -0.4 is 20.3 Å². The van der Waals surface area contributed by atoms with E-state index in [0.29, 0.717) is 10.7 Å². The lowest BCUT2D eigenvalue weighted by molar-refractivity contribution is -0.364. The number of piperazine rings is 1. The lowest BCUT2D eigenvalue weighted by Gasteiger charge is -2.33. The maximum atomic E-state index is 13.2. The number of aromatic amines is 2.